The Bertz CT molecular complexity index is 635. The normalized spacial score (nSPS) is 10.6. The van der Waals surface area contributed by atoms with Crippen LogP contribution in [-0.4, -0.2) is 22.7 Å². The maximum Gasteiger partial charge on any atom is 0.214 e. The van der Waals surface area contributed by atoms with Crippen molar-refractivity contribution in [1.82, 2.24) is 9.78 Å². The van der Waals surface area contributed by atoms with Crippen LogP contribution in [0.25, 0.3) is 0 Å². The van der Waals surface area contributed by atoms with Crippen molar-refractivity contribution in [3.8, 4) is 5.75 Å². The molecule has 106 valence electrons. The molecule has 0 amide bonds. The fourth-order valence-electron chi connectivity index (χ4n) is 2.00. The Kier molecular flexibility index (Phi) is 4.60. The second kappa shape index (κ2) is 6.22. The highest BCUT2D eigenvalue weighted by Gasteiger charge is 2.21. The first kappa shape index (κ1) is 14.8. The van der Waals surface area contributed by atoms with Gasteiger partial charge in [-0.2, -0.15) is 5.10 Å². The molecule has 0 N–H and O–H groups in total. The smallest absolute Gasteiger partial charge is 0.214 e. The fourth-order valence-corrected chi connectivity index (χ4v) is 2.38. The van der Waals surface area contributed by atoms with Gasteiger partial charge in [-0.3, -0.25) is 9.48 Å². The standard InChI is InChI=1S/C15H17BrN2O2/c1-4-7-18-14(13(20-3)9-17-18)15(19)11-6-5-10(2)12(16)8-11/h5-6,8-9H,4,7H2,1-3H3. The van der Waals surface area contributed by atoms with Crippen LogP contribution in [0.2, 0.25) is 0 Å². The summed E-state index contributed by atoms with van der Waals surface area (Å²) in [6.45, 7) is 4.72. The Morgan fingerprint density at radius 3 is 2.80 bits per heavy atom. The van der Waals surface area contributed by atoms with Crippen LogP contribution < -0.4 is 4.74 Å². The fraction of sp³-hybridized carbons (Fsp3) is 0.333. The zero-order valence-electron chi connectivity index (χ0n) is 11.8. The minimum atomic E-state index is -0.0755. The van der Waals surface area contributed by atoms with Gasteiger partial charge in [-0.05, 0) is 25.0 Å². The number of nitrogens with zero attached hydrogens (tertiary/aromatic N) is 2. The molecule has 0 aliphatic carbocycles. The maximum atomic E-state index is 12.7. The van der Waals surface area contributed by atoms with Gasteiger partial charge in [0.05, 0.1) is 13.3 Å². The Morgan fingerprint density at radius 2 is 2.20 bits per heavy atom. The summed E-state index contributed by atoms with van der Waals surface area (Å²) in [5, 5.41) is 4.22. The van der Waals surface area contributed by atoms with Gasteiger partial charge in [0.15, 0.2) is 11.4 Å². The first-order valence-electron chi connectivity index (χ1n) is 6.49. The van der Waals surface area contributed by atoms with E-state index in [2.05, 4.69) is 21.0 Å². The molecule has 1 aromatic carbocycles. The molecule has 0 atom stereocenters. The molecule has 2 rings (SSSR count). The van der Waals surface area contributed by atoms with Gasteiger partial charge in [-0.1, -0.05) is 35.0 Å². The second-order valence-electron chi connectivity index (χ2n) is 4.58. The summed E-state index contributed by atoms with van der Waals surface area (Å²) in [5.74, 6) is 0.439. The molecule has 1 heterocycles. The van der Waals surface area contributed by atoms with Crippen LogP contribution >= 0.6 is 15.9 Å². The molecule has 0 unspecified atom stereocenters. The summed E-state index contributed by atoms with van der Waals surface area (Å²) in [6, 6.07) is 5.58. The van der Waals surface area contributed by atoms with Gasteiger partial charge < -0.3 is 4.74 Å². The van der Waals surface area contributed by atoms with E-state index in [9.17, 15) is 4.79 Å². The lowest BCUT2D eigenvalue weighted by atomic mass is 10.1. The largest absolute Gasteiger partial charge is 0.493 e. The van der Waals surface area contributed by atoms with Gasteiger partial charge in [0.2, 0.25) is 5.78 Å². The number of aryl methyl sites for hydroxylation is 2. The van der Waals surface area contributed by atoms with Crippen molar-refractivity contribution in [2.45, 2.75) is 26.8 Å². The second-order valence-corrected chi connectivity index (χ2v) is 5.43. The van der Waals surface area contributed by atoms with Crippen molar-refractivity contribution in [2.24, 2.45) is 0 Å². The van der Waals surface area contributed by atoms with E-state index >= 15 is 0 Å². The number of rotatable bonds is 5. The van der Waals surface area contributed by atoms with Crippen molar-refractivity contribution in [3.63, 3.8) is 0 Å². The highest BCUT2D eigenvalue weighted by Crippen LogP contribution is 2.24. The molecule has 0 saturated heterocycles. The molecule has 20 heavy (non-hydrogen) atoms. The number of methoxy groups -OCH3 is 1. The molecule has 1 aromatic heterocycles. The number of aromatic nitrogens is 2. The van der Waals surface area contributed by atoms with Crippen LogP contribution in [0.15, 0.2) is 28.9 Å². The monoisotopic (exact) mass is 336 g/mol. The van der Waals surface area contributed by atoms with Crippen molar-refractivity contribution in [3.05, 3.63) is 45.7 Å². The summed E-state index contributed by atoms with van der Waals surface area (Å²) >= 11 is 3.46. The number of carbonyl (C=O) groups excluding carboxylic acids is 1. The number of ketones is 1. The van der Waals surface area contributed by atoms with E-state index in [1.165, 1.54) is 0 Å². The van der Waals surface area contributed by atoms with Crippen molar-refractivity contribution >= 4 is 21.7 Å². The Labute approximate surface area is 126 Å². The number of halogens is 1. The Balaban J connectivity index is 2.46. The quantitative estimate of drug-likeness (QED) is 0.783. The van der Waals surface area contributed by atoms with E-state index in [1.54, 1.807) is 18.0 Å². The Morgan fingerprint density at radius 1 is 1.45 bits per heavy atom. The third-order valence-corrected chi connectivity index (χ3v) is 3.96. The lowest BCUT2D eigenvalue weighted by Crippen LogP contribution is -2.12. The highest BCUT2D eigenvalue weighted by molar-refractivity contribution is 9.10. The summed E-state index contributed by atoms with van der Waals surface area (Å²) in [5.41, 5.74) is 2.22. The highest BCUT2D eigenvalue weighted by atomic mass is 79.9. The first-order chi connectivity index (χ1) is 9.58. The zero-order chi connectivity index (χ0) is 14.7. The molecule has 0 fully saturated rings. The van der Waals surface area contributed by atoms with E-state index < -0.39 is 0 Å². The number of ether oxygens (including phenoxy) is 1. The minimum Gasteiger partial charge on any atom is -0.493 e. The van der Waals surface area contributed by atoms with E-state index in [4.69, 9.17) is 4.74 Å². The van der Waals surface area contributed by atoms with Crippen LogP contribution in [0.4, 0.5) is 0 Å². The van der Waals surface area contributed by atoms with Gasteiger partial charge in [-0.25, -0.2) is 0 Å². The van der Waals surface area contributed by atoms with Gasteiger partial charge in [0, 0.05) is 16.6 Å². The topological polar surface area (TPSA) is 44.1 Å². The summed E-state index contributed by atoms with van der Waals surface area (Å²) in [4.78, 5) is 12.7. The molecule has 0 spiro atoms. The predicted octanol–water partition coefficient (Wildman–Crippen LogP) is 3.60. The average Bonchev–Trinajstić information content (AvgIpc) is 2.84. The van der Waals surface area contributed by atoms with E-state index in [1.807, 2.05) is 32.0 Å². The summed E-state index contributed by atoms with van der Waals surface area (Å²) < 4.78 is 7.88. The number of hydrogen-bond donors (Lipinski definition) is 0. The van der Waals surface area contributed by atoms with Crippen molar-refractivity contribution in [1.29, 1.82) is 0 Å². The number of benzene rings is 1. The van der Waals surface area contributed by atoms with Crippen LogP contribution in [0, 0.1) is 6.92 Å². The molecule has 0 aliphatic rings. The van der Waals surface area contributed by atoms with E-state index in [0.717, 1.165) is 16.5 Å². The van der Waals surface area contributed by atoms with Crippen molar-refractivity contribution in [2.75, 3.05) is 7.11 Å². The Hall–Kier alpha value is -1.62. The maximum absolute atomic E-state index is 12.7. The third kappa shape index (κ3) is 2.77. The van der Waals surface area contributed by atoms with Crippen LogP contribution in [0.5, 0.6) is 5.75 Å². The van der Waals surface area contributed by atoms with Crippen LogP contribution in [-0.2, 0) is 6.54 Å². The van der Waals surface area contributed by atoms with E-state index in [-0.39, 0.29) is 5.78 Å². The SMILES string of the molecule is CCCn1ncc(OC)c1C(=O)c1ccc(C)c(Br)c1. The average molecular weight is 337 g/mol. The number of carbonyl (C=O) groups is 1. The van der Waals surface area contributed by atoms with Crippen molar-refractivity contribution < 1.29 is 9.53 Å². The zero-order valence-corrected chi connectivity index (χ0v) is 13.4. The molecular formula is C15H17BrN2O2. The molecule has 5 heteroatoms. The lowest BCUT2D eigenvalue weighted by Gasteiger charge is -2.08. The number of hydrogen-bond acceptors (Lipinski definition) is 3. The van der Waals surface area contributed by atoms with Gasteiger partial charge in [0.25, 0.3) is 0 Å². The van der Waals surface area contributed by atoms with Crippen LogP contribution in [0.3, 0.4) is 0 Å². The van der Waals surface area contributed by atoms with Gasteiger partial charge >= 0.3 is 0 Å². The summed E-state index contributed by atoms with van der Waals surface area (Å²) in [6.07, 6.45) is 2.49. The molecule has 0 saturated carbocycles. The molecule has 0 radical (unpaired) electrons. The lowest BCUT2D eigenvalue weighted by molar-refractivity contribution is 0.102. The molecule has 0 bridgehead atoms. The van der Waals surface area contributed by atoms with Crippen LogP contribution in [0.1, 0.15) is 35.0 Å². The van der Waals surface area contributed by atoms with Gasteiger partial charge in [0.1, 0.15) is 0 Å². The minimum absolute atomic E-state index is 0.0755. The molecular weight excluding hydrogens is 320 g/mol. The predicted molar refractivity (Wildman–Crippen MR) is 81.4 cm³/mol. The van der Waals surface area contributed by atoms with E-state index in [0.29, 0.717) is 23.6 Å². The third-order valence-electron chi connectivity index (χ3n) is 3.11. The molecule has 0 aliphatic heterocycles. The summed E-state index contributed by atoms with van der Waals surface area (Å²) in [7, 11) is 1.55. The molecule has 4 nitrogen and oxygen atoms in total. The van der Waals surface area contributed by atoms with Gasteiger partial charge in [-0.15, -0.1) is 0 Å². The molecule has 2 aromatic rings. The first-order valence-corrected chi connectivity index (χ1v) is 7.28.